The van der Waals surface area contributed by atoms with Crippen molar-refractivity contribution in [2.75, 3.05) is 21.3 Å². The van der Waals surface area contributed by atoms with Crippen LogP contribution in [0.4, 0.5) is 0 Å². The topological polar surface area (TPSA) is 94.8 Å². The van der Waals surface area contributed by atoms with Gasteiger partial charge in [-0.05, 0) is 37.3 Å². The van der Waals surface area contributed by atoms with Crippen LogP contribution in [0.2, 0.25) is 0 Å². The number of aryl methyl sites for hydroxylation is 1. The highest BCUT2D eigenvalue weighted by molar-refractivity contribution is 7.89. The SMILES string of the molecule is COc1ccc(-c2noc(CN(C)S(=O)(=O)c3ccc(C)cc3)n2)cc1OC. The van der Waals surface area contributed by atoms with E-state index in [0.717, 1.165) is 5.56 Å². The summed E-state index contributed by atoms with van der Waals surface area (Å²) >= 11 is 0. The minimum absolute atomic E-state index is 0.0451. The minimum atomic E-state index is -3.66. The summed E-state index contributed by atoms with van der Waals surface area (Å²) in [6.07, 6.45) is 0. The quantitative estimate of drug-likeness (QED) is 0.599. The summed E-state index contributed by atoms with van der Waals surface area (Å²) in [5.74, 6) is 1.63. The molecule has 1 aromatic heterocycles. The van der Waals surface area contributed by atoms with Crippen molar-refractivity contribution in [2.45, 2.75) is 18.4 Å². The lowest BCUT2D eigenvalue weighted by atomic mass is 10.2. The van der Waals surface area contributed by atoms with E-state index in [0.29, 0.717) is 22.9 Å². The van der Waals surface area contributed by atoms with Crippen molar-refractivity contribution in [1.29, 1.82) is 0 Å². The molecule has 0 amide bonds. The lowest BCUT2D eigenvalue weighted by molar-refractivity contribution is 0.336. The number of hydrogen-bond acceptors (Lipinski definition) is 7. The molecule has 0 fully saturated rings. The lowest BCUT2D eigenvalue weighted by Crippen LogP contribution is -2.26. The normalized spacial score (nSPS) is 11.6. The van der Waals surface area contributed by atoms with E-state index >= 15 is 0 Å². The number of aromatic nitrogens is 2. The van der Waals surface area contributed by atoms with Crippen molar-refractivity contribution in [3.63, 3.8) is 0 Å². The third-order valence-electron chi connectivity index (χ3n) is 4.20. The van der Waals surface area contributed by atoms with Gasteiger partial charge in [-0.2, -0.15) is 9.29 Å². The highest BCUT2D eigenvalue weighted by Crippen LogP contribution is 2.31. The van der Waals surface area contributed by atoms with Crippen LogP contribution in [0.15, 0.2) is 51.9 Å². The number of methoxy groups -OCH3 is 2. The maximum atomic E-state index is 12.7. The van der Waals surface area contributed by atoms with E-state index in [9.17, 15) is 8.42 Å². The first-order valence-electron chi connectivity index (χ1n) is 8.43. The summed E-state index contributed by atoms with van der Waals surface area (Å²) in [5, 5.41) is 3.93. The van der Waals surface area contributed by atoms with Gasteiger partial charge in [0.15, 0.2) is 11.5 Å². The van der Waals surface area contributed by atoms with Crippen molar-refractivity contribution >= 4 is 10.0 Å². The molecule has 3 rings (SSSR count). The first-order valence-corrected chi connectivity index (χ1v) is 9.87. The number of sulfonamides is 1. The second-order valence-electron chi connectivity index (χ2n) is 6.16. The number of benzene rings is 2. The average Bonchev–Trinajstić information content (AvgIpc) is 3.16. The van der Waals surface area contributed by atoms with Gasteiger partial charge in [0.25, 0.3) is 0 Å². The number of hydrogen-bond donors (Lipinski definition) is 0. The first kappa shape index (κ1) is 19.8. The molecule has 28 heavy (non-hydrogen) atoms. The molecule has 0 saturated heterocycles. The van der Waals surface area contributed by atoms with Gasteiger partial charge in [-0.15, -0.1) is 0 Å². The third-order valence-corrected chi connectivity index (χ3v) is 6.01. The van der Waals surface area contributed by atoms with Crippen LogP contribution in [-0.4, -0.2) is 44.1 Å². The van der Waals surface area contributed by atoms with Crippen molar-refractivity contribution in [1.82, 2.24) is 14.4 Å². The number of rotatable bonds is 7. The number of ether oxygens (including phenoxy) is 2. The Morgan fingerprint density at radius 3 is 2.36 bits per heavy atom. The smallest absolute Gasteiger partial charge is 0.243 e. The highest BCUT2D eigenvalue weighted by atomic mass is 32.2. The molecule has 3 aromatic rings. The highest BCUT2D eigenvalue weighted by Gasteiger charge is 2.23. The predicted octanol–water partition coefficient (Wildman–Crippen LogP) is 2.88. The Labute approximate surface area is 163 Å². The Hall–Kier alpha value is -2.91. The summed E-state index contributed by atoms with van der Waals surface area (Å²) in [7, 11) is 0.894. The Morgan fingerprint density at radius 1 is 1.04 bits per heavy atom. The van der Waals surface area contributed by atoms with Crippen LogP contribution in [0.3, 0.4) is 0 Å². The van der Waals surface area contributed by atoms with Crippen LogP contribution in [0.25, 0.3) is 11.4 Å². The van der Waals surface area contributed by atoms with Crippen LogP contribution in [0.1, 0.15) is 11.5 Å². The lowest BCUT2D eigenvalue weighted by Gasteiger charge is -2.15. The van der Waals surface area contributed by atoms with Crippen molar-refractivity contribution < 1.29 is 22.4 Å². The standard InChI is InChI=1S/C19H21N3O5S/c1-13-5-8-15(9-6-13)28(23,24)22(2)12-18-20-19(21-27-18)14-7-10-16(25-3)17(11-14)26-4/h5-11H,12H2,1-4H3. The van der Waals surface area contributed by atoms with E-state index in [1.807, 2.05) is 6.92 Å². The van der Waals surface area contributed by atoms with Gasteiger partial charge in [-0.3, -0.25) is 0 Å². The van der Waals surface area contributed by atoms with Crippen LogP contribution in [-0.2, 0) is 16.6 Å². The Balaban J connectivity index is 1.80. The van der Waals surface area contributed by atoms with Crippen LogP contribution in [0.5, 0.6) is 11.5 Å². The van der Waals surface area contributed by atoms with Crippen LogP contribution >= 0.6 is 0 Å². The Bertz CT molecular complexity index is 1060. The van der Waals surface area contributed by atoms with Gasteiger partial charge in [-0.1, -0.05) is 22.9 Å². The van der Waals surface area contributed by atoms with Gasteiger partial charge < -0.3 is 14.0 Å². The number of nitrogens with zero attached hydrogens (tertiary/aromatic N) is 3. The maximum absolute atomic E-state index is 12.7. The molecule has 2 aromatic carbocycles. The van der Waals surface area contributed by atoms with Gasteiger partial charge in [0.05, 0.1) is 25.7 Å². The summed E-state index contributed by atoms with van der Waals surface area (Å²) < 4.78 is 42.3. The molecule has 148 valence electrons. The summed E-state index contributed by atoms with van der Waals surface area (Å²) in [5.41, 5.74) is 1.65. The van der Waals surface area contributed by atoms with E-state index in [2.05, 4.69) is 10.1 Å². The first-order chi connectivity index (χ1) is 13.3. The molecular weight excluding hydrogens is 382 g/mol. The average molecular weight is 403 g/mol. The fraction of sp³-hybridized carbons (Fsp3) is 0.263. The maximum Gasteiger partial charge on any atom is 0.243 e. The van der Waals surface area contributed by atoms with Crippen molar-refractivity contribution in [2.24, 2.45) is 0 Å². The Morgan fingerprint density at radius 2 is 1.71 bits per heavy atom. The zero-order valence-corrected chi connectivity index (χ0v) is 16.9. The molecular formula is C19H21N3O5S. The predicted molar refractivity (Wildman–Crippen MR) is 103 cm³/mol. The molecule has 0 saturated carbocycles. The minimum Gasteiger partial charge on any atom is -0.493 e. The second-order valence-corrected chi connectivity index (χ2v) is 8.20. The van der Waals surface area contributed by atoms with Gasteiger partial charge in [0.1, 0.15) is 0 Å². The molecule has 0 aliphatic carbocycles. The second kappa shape index (κ2) is 7.99. The van der Waals surface area contributed by atoms with Crippen molar-refractivity contribution in [3.8, 4) is 22.9 Å². The molecule has 0 N–H and O–H groups in total. The van der Waals surface area contributed by atoms with E-state index in [4.69, 9.17) is 14.0 Å². The van der Waals surface area contributed by atoms with Crippen LogP contribution in [0, 0.1) is 6.92 Å². The molecule has 1 heterocycles. The molecule has 0 aliphatic heterocycles. The molecule has 8 nitrogen and oxygen atoms in total. The molecule has 0 spiro atoms. The molecule has 0 atom stereocenters. The monoisotopic (exact) mass is 403 g/mol. The molecule has 9 heteroatoms. The van der Waals surface area contributed by atoms with Gasteiger partial charge in [-0.25, -0.2) is 8.42 Å². The fourth-order valence-corrected chi connectivity index (χ4v) is 3.70. The van der Waals surface area contributed by atoms with E-state index in [-0.39, 0.29) is 17.3 Å². The largest absolute Gasteiger partial charge is 0.493 e. The van der Waals surface area contributed by atoms with Gasteiger partial charge >= 0.3 is 0 Å². The molecule has 0 unspecified atom stereocenters. The van der Waals surface area contributed by atoms with Gasteiger partial charge in [0, 0.05) is 12.6 Å². The van der Waals surface area contributed by atoms with E-state index in [1.54, 1.807) is 49.6 Å². The molecule has 0 aliphatic rings. The Kier molecular flexibility index (Phi) is 5.66. The van der Waals surface area contributed by atoms with E-state index in [1.165, 1.54) is 18.5 Å². The third kappa shape index (κ3) is 4.00. The summed E-state index contributed by atoms with van der Waals surface area (Å²) in [4.78, 5) is 4.50. The van der Waals surface area contributed by atoms with Crippen LogP contribution < -0.4 is 9.47 Å². The van der Waals surface area contributed by atoms with Crippen molar-refractivity contribution in [3.05, 3.63) is 53.9 Å². The molecule has 0 bridgehead atoms. The molecule has 0 radical (unpaired) electrons. The van der Waals surface area contributed by atoms with E-state index < -0.39 is 10.0 Å². The summed E-state index contributed by atoms with van der Waals surface area (Å²) in [6.45, 7) is 1.85. The van der Waals surface area contributed by atoms with Gasteiger partial charge in [0.2, 0.25) is 21.7 Å². The summed E-state index contributed by atoms with van der Waals surface area (Å²) in [6, 6.07) is 11.9. The fourth-order valence-electron chi connectivity index (χ4n) is 2.58. The zero-order chi connectivity index (χ0) is 20.3. The zero-order valence-electron chi connectivity index (χ0n) is 16.0.